The van der Waals surface area contributed by atoms with Crippen LogP contribution in [0.4, 0.5) is 0 Å². The van der Waals surface area contributed by atoms with Gasteiger partial charge in [-0.1, -0.05) is 36.5 Å². The summed E-state index contributed by atoms with van der Waals surface area (Å²) >= 11 is 4.89. The minimum Gasteiger partial charge on any atom is -0.389 e. The Hall–Kier alpha value is -0.970. The van der Waals surface area contributed by atoms with Gasteiger partial charge in [-0.05, 0) is 12.0 Å². The maximum atomic E-state index is 5.70. The summed E-state index contributed by atoms with van der Waals surface area (Å²) in [5.74, 6) is 0. The standard InChI is InChI=1S/C12H15NO2S/c13-12(16)10-3-1-9(2-4-10)7-15-11-5-6-14-8-11/h1-4,11H,5-8H2,(H2,13,16). The SMILES string of the molecule is NC(=S)c1ccc(COC2CCOC2)cc1. The van der Waals surface area contributed by atoms with Crippen molar-refractivity contribution in [2.45, 2.75) is 19.1 Å². The van der Waals surface area contributed by atoms with Gasteiger partial charge in [0.1, 0.15) is 4.99 Å². The topological polar surface area (TPSA) is 44.5 Å². The average Bonchev–Trinajstić information content (AvgIpc) is 2.80. The fourth-order valence-corrected chi connectivity index (χ4v) is 1.76. The van der Waals surface area contributed by atoms with E-state index in [2.05, 4.69) is 0 Å². The zero-order valence-electron chi connectivity index (χ0n) is 9.02. The van der Waals surface area contributed by atoms with Gasteiger partial charge in [-0.2, -0.15) is 0 Å². The van der Waals surface area contributed by atoms with E-state index < -0.39 is 0 Å². The van der Waals surface area contributed by atoms with Crippen LogP contribution in [-0.4, -0.2) is 24.3 Å². The van der Waals surface area contributed by atoms with E-state index in [1.54, 1.807) is 0 Å². The number of thiocarbonyl (C=S) groups is 1. The molecule has 3 nitrogen and oxygen atoms in total. The lowest BCUT2D eigenvalue weighted by Gasteiger charge is -2.09. The van der Waals surface area contributed by atoms with Crippen molar-refractivity contribution in [2.75, 3.05) is 13.2 Å². The second-order valence-electron chi connectivity index (χ2n) is 3.86. The summed E-state index contributed by atoms with van der Waals surface area (Å²) in [6, 6.07) is 7.83. The molecule has 0 aromatic heterocycles. The molecule has 0 bridgehead atoms. The van der Waals surface area contributed by atoms with Crippen molar-refractivity contribution in [3.05, 3.63) is 35.4 Å². The first-order chi connectivity index (χ1) is 7.75. The van der Waals surface area contributed by atoms with Gasteiger partial charge in [0.05, 0.1) is 19.3 Å². The van der Waals surface area contributed by atoms with Crippen LogP contribution in [0, 0.1) is 0 Å². The van der Waals surface area contributed by atoms with E-state index in [0.29, 0.717) is 18.2 Å². The highest BCUT2D eigenvalue weighted by atomic mass is 32.1. The predicted octanol–water partition coefficient (Wildman–Crippen LogP) is 1.63. The van der Waals surface area contributed by atoms with E-state index in [4.69, 9.17) is 27.4 Å². The van der Waals surface area contributed by atoms with Crippen molar-refractivity contribution >= 4 is 17.2 Å². The fraction of sp³-hybridized carbons (Fsp3) is 0.417. The predicted molar refractivity (Wildman–Crippen MR) is 66.3 cm³/mol. The number of rotatable bonds is 4. The second-order valence-corrected chi connectivity index (χ2v) is 4.30. The van der Waals surface area contributed by atoms with Gasteiger partial charge in [-0.25, -0.2) is 0 Å². The molecule has 16 heavy (non-hydrogen) atoms. The molecule has 1 atom stereocenters. The molecule has 1 aliphatic heterocycles. The molecule has 1 saturated heterocycles. The highest BCUT2D eigenvalue weighted by Gasteiger charge is 2.15. The summed E-state index contributed by atoms with van der Waals surface area (Å²) in [6.45, 7) is 2.14. The Kier molecular flexibility index (Phi) is 3.88. The van der Waals surface area contributed by atoms with Crippen LogP contribution in [0.1, 0.15) is 17.5 Å². The number of nitrogens with two attached hydrogens (primary N) is 1. The molecule has 1 aromatic carbocycles. The van der Waals surface area contributed by atoms with Crippen molar-refractivity contribution in [2.24, 2.45) is 5.73 Å². The molecule has 4 heteroatoms. The molecule has 2 N–H and O–H groups in total. The van der Waals surface area contributed by atoms with Crippen LogP contribution in [0.3, 0.4) is 0 Å². The van der Waals surface area contributed by atoms with Gasteiger partial charge in [0, 0.05) is 12.2 Å². The van der Waals surface area contributed by atoms with Gasteiger partial charge < -0.3 is 15.2 Å². The van der Waals surface area contributed by atoms with Crippen LogP contribution in [0.25, 0.3) is 0 Å². The molecule has 1 aliphatic rings. The lowest BCUT2D eigenvalue weighted by atomic mass is 10.1. The van der Waals surface area contributed by atoms with Crippen LogP contribution in [-0.2, 0) is 16.1 Å². The van der Waals surface area contributed by atoms with E-state index >= 15 is 0 Å². The highest BCUT2D eigenvalue weighted by Crippen LogP contribution is 2.12. The molecule has 1 unspecified atom stereocenters. The van der Waals surface area contributed by atoms with Crippen LogP contribution >= 0.6 is 12.2 Å². The molecule has 0 amide bonds. The summed E-state index contributed by atoms with van der Waals surface area (Å²) in [4.78, 5) is 0.427. The van der Waals surface area contributed by atoms with Crippen LogP contribution in [0.2, 0.25) is 0 Å². The van der Waals surface area contributed by atoms with Gasteiger partial charge in [0.25, 0.3) is 0 Å². The van der Waals surface area contributed by atoms with Gasteiger partial charge in [0.15, 0.2) is 0 Å². The van der Waals surface area contributed by atoms with Crippen molar-refractivity contribution in [3.8, 4) is 0 Å². The molecule has 1 fully saturated rings. The first-order valence-corrected chi connectivity index (χ1v) is 5.74. The number of hydrogen-bond donors (Lipinski definition) is 1. The van der Waals surface area contributed by atoms with E-state index in [9.17, 15) is 0 Å². The molecule has 2 rings (SSSR count). The monoisotopic (exact) mass is 237 g/mol. The Morgan fingerprint density at radius 3 is 2.75 bits per heavy atom. The summed E-state index contributed by atoms with van der Waals surface area (Å²) in [5, 5.41) is 0. The number of ether oxygens (including phenoxy) is 2. The maximum Gasteiger partial charge on any atom is 0.103 e. The lowest BCUT2D eigenvalue weighted by Crippen LogP contribution is -2.12. The fourth-order valence-electron chi connectivity index (χ4n) is 1.62. The number of benzene rings is 1. The van der Waals surface area contributed by atoms with Gasteiger partial charge >= 0.3 is 0 Å². The largest absolute Gasteiger partial charge is 0.389 e. The Morgan fingerprint density at radius 2 is 2.19 bits per heavy atom. The van der Waals surface area contributed by atoms with Gasteiger partial charge in [-0.3, -0.25) is 0 Å². The Labute approximate surface area is 101 Å². The summed E-state index contributed by atoms with van der Waals surface area (Å²) < 4.78 is 10.9. The molecule has 86 valence electrons. The minimum absolute atomic E-state index is 0.246. The molecule has 1 aromatic rings. The first-order valence-electron chi connectivity index (χ1n) is 5.34. The van der Waals surface area contributed by atoms with Crippen molar-refractivity contribution in [1.82, 2.24) is 0 Å². The van der Waals surface area contributed by atoms with Crippen molar-refractivity contribution < 1.29 is 9.47 Å². The molecular formula is C12H15NO2S. The maximum absolute atomic E-state index is 5.70. The van der Waals surface area contributed by atoms with Crippen LogP contribution in [0.5, 0.6) is 0 Å². The molecular weight excluding hydrogens is 222 g/mol. The Balaban J connectivity index is 1.87. The zero-order valence-corrected chi connectivity index (χ0v) is 9.83. The van der Waals surface area contributed by atoms with E-state index in [1.807, 2.05) is 24.3 Å². The molecule has 0 spiro atoms. The Morgan fingerprint density at radius 1 is 1.44 bits per heavy atom. The average molecular weight is 237 g/mol. The summed E-state index contributed by atoms with van der Waals surface area (Å²) in [6.07, 6.45) is 1.24. The zero-order chi connectivity index (χ0) is 11.4. The quantitative estimate of drug-likeness (QED) is 0.808. The van der Waals surface area contributed by atoms with E-state index in [0.717, 1.165) is 24.2 Å². The molecule has 0 saturated carbocycles. The second kappa shape index (κ2) is 5.39. The summed E-state index contributed by atoms with van der Waals surface area (Å²) in [5.41, 5.74) is 7.54. The molecule has 0 aliphatic carbocycles. The van der Waals surface area contributed by atoms with Crippen LogP contribution < -0.4 is 5.73 Å². The number of hydrogen-bond acceptors (Lipinski definition) is 3. The lowest BCUT2D eigenvalue weighted by molar-refractivity contribution is 0.0317. The van der Waals surface area contributed by atoms with E-state index in [-0.39, 0.29) is 6.10 Å². The van der Waals surface area contributed by atoms with Crippen molar-refractivity contribution in [1.29, 1.82) is 0 Å². The minimum atomic E-state index is 0.246. The first kappa shape index (κ1) is 11.5. The van der Waals surface area contributed by atoms with Gasteiger partial charge in [0.2, 0.25) is 0 Å². The third-order valence-corrected chi connectivity index (χ3v) is 2.85. The summed E-state index contributed by atoms with van der Waals surface area (Å²) in [7, 11) is 0. The smallest absolute Gasteiger partial charge is 0.103 e. The third kappa shape index (κ3) is 3.01. The van der Waals surface area contributed by atoms with E-state index in [1.165, 1.54) is 0 Å². The van der Waals surface area contributed by atoms with Gasteiger partial charge in [-0.15, -0.1) is 0 Å². The molecule has 1 heterocycles. The normalized spacial score (nSPS) is 19.9. The Bertz CT molecular complexity index is 358. The third-order valence-electron chi connectivity index (χ3n) is 2.61. The van der Waals surface area contributed by atoms with Crippen LogP contribution in [0.15, 0.2) is 24.3 Å². The van der Waals surface area contributed by atoms with Crippen molar-refractivity contribution in [3.63, 3.8) is 0 Å². The highest BCUT2D eigenvalue weighted by molar-refractivity contribution is 7.80. The molecule has 0 radical (unpaired) electrons.